The molecule has 1 rings (SSSR count). The summed E-state index contributed by atoms with van der Waals surface area (Å²) in [5, 5.41) is 16.5. The summed E-state index contributed by atoms with van der Waals surface area (Å²) in [5.74, 6) is 0.0851. The summed E-state index contributed by atoms with van der Waals surface area (Å²) >= 11 is 0. The fourth-order valence-electron chi connectivity index (χ4n) is 1.55. The SMILES string of the molecule is Cc1cc(N(C)C(C)CO)ccc1C(=N)N. The first-order valence-corrected chi connectivity index (χ1v) is 5.26. The number of hydrogen-bond donors (Lipinski definition) is 3. The minimum atomic E-state index is 0.0718. The van der Waals surface area contributed by atoms with Gasteiger partial charge in [-0.25, -0.2) is 0 Å². The number of nitrogens with one attached hydrogen (secondary N) is 1. The normalized spacial score (nSPS) is 12.2. The lowest BCUT2D eigenvalue weighted by atomic mass is 10.1. The number of aliphatic hydroxyl groups is 1. The van der Waals surface area contributed by atoms with Crippen LogP contribution in [0, 0.1) is 12.3 Å². The zero-order valence-corrected chi connectivity index (χ0v) is 9.99. The number of aliphatic hydroxyl groups excluding tert-OH is 1. The molecule has 0 bridgehead atoms. The van der Waals surface area contributed by atoms with Crippen LogP contribution >= 0.6 is 0 Å². The molecule has 0 aliphatic carbocycles. The van der Waals surface area contributed by atoms with Crippen molar-refractivity contribution in [1.29, 1.82) is 5.41 Å². The monoisotopic (exact) mass is 221 g/mol. The highest BCUT2D eigenvalue weighted by Gasteiger charge is 2.10. The van der Waals surface area contributed by atoms with Gasteiger partial charge in [0.25, 0.3) is 0 Å². The van der Waals surface area contributed by atoms with Crippen LogP contribution < -0.4 is 10.6 Å². The third-order valence-corrected chi connectivity index (χ3v) is 2.83. The van der Waals surface area contributed by atoms with Gasteiger partial charge in [-0.2, -0.15) is 0 Å². The number of nitrogens with zero attached hydrogens (tertiary/aromatic N) is 1. The Morgan fingerprint density at radius 3 is 2.62 bits per heavy atom. The number of hydrogen-bond acceptors (Lipinski definition) is 3. The van der Waals surface area contributed by atoms with E-state index in [1.54, 1.807) is 0 Å². The van der Waals surface area contributed by atoms with Crippen molar-refractivity contribution in [3.63, 3.8) is 0 Å². The molecule has 16 heavy (non-hydrogen) atoms. The highest BCUT2D eigenvalue weighted by molar-refractivity contribution is 5.96. The van der Waals surface area contributed by atoms with Crippen molar-refractivity contribution in [2.24, 2.45) is 5.73 Å². The zero-order valence-electron chi connectivity index (χ0n) is 9.99. The fourth-order valence-corrected chi connectivity index (χ4v) is 1.55. The van der Waals surface area contributed by atoms with Crippen LogP contribution in [0.1, 0.15) is 18.1 Å². The van der Waals surface area contributed by atoms with Crippen molar-refractivity contribution in [1.82, 2.24) is 0 Å². The predicted molar refractivity (Wildman–Crippen MR) is 67.1 cm³/mol. The van der Waals surface area contributed by atoms with Crippen LogP contribution in [0.2, 0.25) is 0 Å². The lowest BCUT2D eigenvalue weighted by Gasteiger charge is -2.26. The number of aryl methyl sites for hydroxylation is 1. The summed E-state index contributed by atoms with van der Waals surface area (Å²) in [6.07, 6.45) is 0. The third-order valence-electron chi connectivity index (χ3n) is 2.83. The molecule has 0 amide bonds. The molecule has 88 valence electrons. The summed E-state index contributed by atoms with van der Waals surface area (Å²) < 4.78 is 0. The first-order chi connectivity index (χ1) is 7.47. The molecule has 0 aliphatic rings. The molecular weight excluding hydrogens is 202 g/mol. The maximum Gasteiger partial charge on any atom is 0.123 e. The standard InChI is InChI=1S/C12H19N3O/c1-8-6-10(15(3)9(2)7-16)4-5-11(8)12(13)14/h4-6,9,16H,7H2,1-3H3,(H3,13,14). The van der Waals surface area contributed by atoms with Crippen molar-refractivity contribution in [2.45, 2.75) is 19.9 Å². The summed E-state index contributed by atoms with van der Waals surface area (Å²) in [5.41, 5.74) is 8.21. The number of likely N-dealkylation sites (N-methyl/N-ethyl adjacent to an activating group) is 1. The summed E-state index contributed by atoms with van der Waals surface area (Å²) in [4.78, 5) is 2.00. The van der Waals surface area contributed by atoms with Crippen molar-refractivity contribution >= 4 is 11.5 Å². The zero-order chi connectivity index (χ0) is 12.3. The van der Waals surface area contributed by atoms with Gasteiger partial charge in [0.1, 0.15) is 5.84 Å². The molecule has 1 atom stereocenters. The molecule has 0 aromatic heterocycles. The summed E-state index contributed by atoms with van der Waals surface area (Å²) in [6.45, 7) is 4.00. The molecular formula is C12H19N3O. The van der Waals surface area contributed by atoms with Gasteiger partial charge >= 0.3 is 0 Å². The Bertz CT molecular complexity index is 390. The van der Waals surface area contributed by atoms with Crippen LogP contribution in [-0.4, -0.2) is 30.6 Å². The predicted octanol–water partition coefficient (Wildman–Crippen LogP) is 1.10. The van der Waals surface area contributed by atoms with Crippen LogP contribution in [0.4, 0.5) is 5.69 Å². The Hall–Kier alpha value is -1.55. The summed E-state index contributed by atoms with van der Waals surface area (Å²) in [7, 11) is 1.93. The van der Waals surface area contributed by atoms with Crippen LogP contribution in [0.25, 0.3) is 0 Å². The molecule has 1 aromatic rings. The van der Waals surface area contributed by atoms with Gasteiger partial charge in [-0.05, 0) is 37.6 Å². The highest BCUT2D eigenvalue weighted by atomic mass is 16.3. The second kappa shape index (κ2) is 4.99. The number of amidine groups is 1. The van der Waals surface area contributed by atoms with E-state index < -0.39 is 0 Å². The third kappa shape index (κ3) is 2.52. The smallest absolute Gasteiger partial charge is 0.123 e. The second-order valence-electron chi connectivity index (χ2n) is 4.06. The summed E-state index contributed by atoms with van der Waals surface area (Å²) in [6, 6.07) is 5.80. The number of nitrogen functional groups attached to an aromatic ring is 1. The molecule has 0 spiro atoms. The Morgan fingerprint density at radius 1 is 1.56 bits per heavy atom. The molecule has 0 fully saturated rings. The Labute approximate surface area is 96.2 Å². The average molecular weight is 221 g/mol. The molecule has 0 aliphatic heterocycles. The minimum Gasteiger partial charge on any atom is -0.394 e. The number of rotatable bonds is 4. The maximum atomic E-state index is 9.08. The average Bonchev–Trinajstić information content (AvgIpc) is 2.26. The molecule has 0 radical (unpaired) electrons. The Kier molecular flexibility index (Phi) is 3.90. The quantitative estimate of drug-likeness (QED) is 0.526. The largest absolute Gasteiger partial charge is 0.394 e. The van der Waals surface area contributed by atoms with Gasteiger partial charge in [-0.3, -0.25) is 5.41 Å². The van der Waals surface area contributed by atoms with E-state index in [4.69, 9.17) is 16.2 Å². The molecule has 0 heterocycles. The van der Waals surface area contributed by atoms with Crippen molar-refractivity contribution in [3.8, 4) is 0 Å². The van der Waals surface area contributed by atoms with Crippen LogP contribution in [0.5, 0.6) is 0 Å². The van der Waals surface area contributed by atoms with Gasteiger partial charge in [0.15, 0.2) is 0 Å². The fraction of sp³-hybridized carbons (Fsp3) is 0.417. The van der Waals surface area contributed by atoms with Crippen LogP contribution in [-0.2, 0) is 0 Å². The Morgan fingerprint density at radius 2 is 2.19 bits per heavy atom. The van der Waals surface area contributed by atoms with E-state index in [0.717, 1.165) is 16.8 Å². The Balaban J connectivity index is 3.01. The van der Waals surface area contributed by atoms with E-state index in [1.807, 2.05) is 44.0 Å². The van der Waals surface area contributed by atoms with Gasteiger partial charge in [-0.1, -0.05) is 0 Å². The second-order valence-corrected chi connectivity index (χ2v) is 4.06. The van der Waals surface area contributed by atoms with E-state index in [0.29, 0.717) is 0 Å². The first-order valence-electron chi connectivity index (χ1n) is 5.26. The molecule has 4 N–H and O–H groups in total. The maximum absolute atomic E-state index is 9.08. The van der Waals surface area contributed by atoms with Crippen molar-refractivity contribution < 1.29 is 5.11 Å². The number of nitrogens with two attached hydrogens (primary N) is 1. The number of anilines is 1. The van der Waals surface area contributed by atoms with Crippen molar-refractivity contribution in [3.05, 3.63) is 29.3 Å². The van der Waals surface area contributed by atoms with Gasteiger partial charge < -0.3 is 15.7 Å². The molecule has 1 aromatic carbocycles. The van der Waals surface area contributed by atoms with Gasteiger partial charge in [0, 0.05) is 24.3 Å². The highest BCUT2D eigenvalue weighted by Crippen LogP contribution is 2.19. The first kappa shape index (κ1) is 12.5. The van der Waals surface area contributed by atoms with Crippen molar-refractivity contribution in [2.75, 3.05) is 18.6 Å². The van der Waals surface area contributed by atoms with Gasteiger partial charge in [0.2, 0.25) is 0 Å². The van der Waals surface area contributed by atoms with Crippen LogP contribution in [0.15, 0.2) is 18.2 Å². The molecule has 0 saturated heterocycles. The van der Waals surface area contributed by atoms with E-state index in [9.17, 15) is 0 Å². The lowest BCUT2D eigenvalue weighted by molar-refractivity contribution is 0.270. The lowest BCUT2D eigenvalue weighted by Crippen LogP contribution is -2.31. The van der Waals surface area contributed by atoms with Gasteiger partial charge in [0.05, 0.1) is 6.61 Å². The van der Waals surface area contributed by atoms with E-state index in [1.165, 1.54) is 0 Å². The number of benzene rings is 1. The van der Waals surface area contributed by atoms with Crippen LogP contribution in [0.3, 0.4) is 0 Å². The molecule has 0 saturated carbocycles. The van der Waals surface area contributed by atoms with Gasteiger partial charge in [-0.15, -0.1) is 0 Å². The topological polar surface area (TPSA) is 73.3 Å². The minimum absolute atomic E-state index is 0.0718. The molecule has 4 nitrogen and oxygen atoms in total. The molecule has 4 heteroatoms. The van der Waals surface area contributed by atoms with E-state index in [2.05, 4.69) is 0 Å². The van der Waals surface area contributed by atoms with E-state index >= 15 is 0 Å². The van der Waals surface area contributed by atoms with E-state index in [-0.39, 0.29) is 18.5 Å². The molecule has 1 unspecified atom stereocenters.